The molecule has 3 aromatic rings. The van der Waals surface area contributed by atoms with Gasteiger partial charge in [0.15, 0.2) is 0 Å². The van der Waals surface area contributed by atoms with Crippen LogP contribution in [0.15, 0.2) is 42.7 Å². The number of carboxylic acids is 1. The van der Waals surface area contributed by atoms with E-state index in [-0.39, 0.29) is 5.56 Å². The van der Waals surface area contributed by atoms with Crippen LogP contribution in [0.25, 0.3) is 16.7 Å². The predicted molar refractivity (Wildman–Crippen MR) is 77.8 cm³/mol. The second kappa shape index (κ2) is 4.65. The molecule has 100 valence electrons. The molecule has 1 aromatic heterocycles. The van der Waals surface area contributed by atoms with Crippen LogP contribution < -0.4 is 0 Å². The van der Waals surface area contributed by atoms with Gasteiger partial charge in [0, 0.05) is 0 Å². The molecule has 0 aliphatic carbocycles. The fourth-order valence-corrected chi connectivity index (χ4v) is 2.56. The Morgan fingerprint density at radius 3 is 2.80 bits per heavy atom. The van der Waals surface area contributed by atoms with Crippen molar-refractivity contribution < 1.29 is 9.90 Å². The lowest BCUT2D eigenvalue weighted by atomic mass is 10.1. The van der Waals surface area contributed by atoms with Crippen LogP contribution in [-0.2, 0) is 0 Å². The first-order valence-electron chi connectivity index (χ1n) is 6.04. The molecule has 5 heteroatoms. The van der Waals surface area contributed by atoms with Crippen molar-refractivity contribution in [2.75, 3.05) is 0 Å². The molecule has 3 rings (SSSR count). The second-order valence-electron chi connectivity index (χ2n) is 4.55. The number of carboxylic acid groups (broad SMARTS) is 1. The predicted octanol–water partition coefficient (Wildman–Crippen LogP) is 3.69. The topological polar surface area (TPSA) is 55.1 Å². The third kappa shape index (κ3) is 1.94. The fraction of sp³-hybridized carbons (Fsp3) is 0.0667. The molecule has 0 bridgehead atoms. The summed E-state index contributed by atoms with van der Waals surface area (Å²) in [7, 11) is 0. The van der Waals surface area contributed by atoms with Gasteiger partial charge in [0.05, 0.1) is 27.3 Å². The molecule has 0 aliphatic rings. The van der Waals surface area contributed by atoms with Crippen molar-refractivity contribution in [3.8, 4) is 5.69 Å². The van der Waals surface area contributed by atoms with Crippen LogP contribution in [0.2, 0.25) is 5.02 Å². The summed E-state index contributed by atoms with van der Waals surface area (Å²) in [4.78, 5) is 15.6. The van der Waals surface area contributed by atoms with Gasteiger partial charge >= 0.3 is 5.97 Å². The average Bonchev–Trinajstić information content (AvgIpc) is 2.82. The maximum absolute atomic E-state index is 11.4. The zero-order valence-electron chi connectivity index (χ0n) is 10.7. The molecule has 1 heterocycles. The number of nitrogens with zero attached hydrogens (tertiary/aromatic N) is 2. The lowest BCUT2D eigenvalue weighted by Crippen LogP contribution is -2.02. The third-order valence-corrected chi connectivity index (χ3v) is 3.46. The number of halogens is 1. The normalized spacial score (nSPS) is 10.9. The van der Waals surface area contributed by atoms with Crippen molar-refractivity contribution in [1.29, 1.82) is 0 Å². The van der Waals surface area contributed by atoms with E-state index in [1.807, 2.05) is 25.1 Å². The number of fused-ring (bicyclic) bond motifs is 1. The number of aromatic carboxylic acids is 1. The summed E-state index contributed by atoms with van der Waals surface area (Å²) in [6.45, 7) is 1.95. The molecule has 1 N–H and O–H groups in total. The van der Waals surface area contributed by atoms with Crippen molar-refractivity contribution in [1.82, 2.24) is 9.55 Å². The first-order valence-corrected chi connectivity index (χ1v) is 6.41. The smallest absolute Gasteiger partial charge is 0.337 e. The van der Waals surface area contributed by atoms with Gasteiger partial charge in [-0.05, 0) is 36.8 Å². The Kier molecular flexibility index (Phi) is 2.95. The van der Waals surface area contributed by atoms with Crippen molar-refractivity contribution in [2.45, 2.75) is 6.92 Å². The Bertz CT molecular complexity index is 824. The minimum atomic E-state index is -0.986. The van der Waals surface area contributed by atoms with Gasteiger partial charge < -0.3 is 5.11 Å². The van der Waals surface area contributed by atoms with Gasteiger partial charge in [-0.25, -0.2) is 9.78 Å². The highest BCUT2D eigenvalue weighted by molar-refractivity contribution is 6.32. The largest absolute Gasteiger partial charge is 0.478 e. The Labute approximate surface area is 120 Å². The summed E-state index contributed by atoms with van der Waals surface area (Å²) in [5.41, 5.74) is 3.14. The van der Waals surface area contributed by atoms with Gasteiger partial charge in [0.1, 0.15) is 6.33 Å². The summed E-state index contributed by atoms with van der Waals surface area (Å²) in [5, 5.41) is 9.87. The van der Waals surface area contributed by atoms with E-state index in [0.717, 1.165) is 5.56 Å². The van der Waals surface area contributed by atoms with E-state index in [0.29, 0.717) is 21.7 Å². The minimum absolute atomic E-state index is 0.205. The maximum Gasteiger partial charge on any atom is 0.337 e. The quantitative estimate of drug-likeness (QED) is 0.782. The first kappa shape index (κ1) is 12.7. The number of para-hydroxylation sites is 1. The molecule has 0 fully saturated rings. The molecule has 0 saturated carbocycles. The molecule has 0 aliphatic heterocycles. The summed E-state index contributed by atoms with van der Waals surface area (Å²) in [6, 6.07) is 10.6. The van der Waals surface area contributed by atoms with Crippen molar-refractivity contribution in [3.05, 3.63) is 58.9 Å². The Morgan fingerprint density at radius 1 is 1.30 bits per heavy atom. The van der Waals surface area contributed by atoms with Crippen molar-refractivity contribution >= 4 is 28.6 Å². The number of rotatable bonds is 2. The molecule has 0 atom stereocenters. The minimum Gasteiger partial charge on any atom is -0.478 e. The van der Waals surface area contributed by atoms with Gasteiger partial charge in [-0.2, -0.15) is 0 Å². The number of imidazole rings is 1. The zero-order valence-corrected chi connectivity index (χ0v) is 11.4. The molecule has 0 saturated heterocycles. The van der Waals surface area contributed by atoms with E-state index in [9.17, 15) is 9.90 Å². The van der Waals surface area contributed by atoms with Gasteiger partial charge in [0.2, 0.25) is 0 Å². The number of hydrogen-bond acceptors (Lipinski definition) is 2. The Morgan fingerprint density at radius 2 is 2.10 bits per heavy atom. The van der Waals surface area contributed by atoms with E-state index in [2.05, 4.69) is 4.98 Å². The van der Waals surface area contributed by atoms with Crippen LogP contribution in [-0.4, -0.2) is 20.6 Å². The highest BCUT2D eigenvalue weighted by Gasteiger charge is 2.15. The standard InChI is InChI=1S/C15H11ClN2O2/c1-9-5-6-13(11(16)7-9)18-8-17-12-4-2-3-10(14(12)18)15(19)20/h2-8H,1H3,(H,19,20). The third-order valence-electron chi connectivity index (χ3n) is 3.16. The van der Waals surface area contributed by atoms with Crippen LogP contribution in [0.5, 0.6) is 0 Å². The average molecular weight is 287 g/mol. The van der Waals surface area contributed by atoms with Crippen LogP contribution in [0.3, 0.4) is 0 Å². The molecule has 0 amide bonds. The Hall–Kier alpha value is -2.33. The second-order valence-corrected chi connectivity index (χ2v) is 4.96. The fourth-order valence-electron chi connectivity index (χ4n) is 2.23. The van der Waals surface area contributed by atoms with E-state index < -0.39 is 5.97 Å². The van der Waals surface area contributed by atoms with Crippen LogP contribution in [0, 0.1) is 6.92 Å². The van der Waals surface area contributed by atoms with Crippen LogP contribution in [0.1, 0.15) is 15.9 Å². The molecule has 0 unspecified atom stereocenters. The molecule has 2 aromatic carbocycles. The lowest BCUT2D eigenvalue weighted by Gasteiger charge is -2.09. The highest BCUT2D eigenvalue weighted by Crippen LogP contribution is 2.27. The zero-order chi connectivity index (χ0) is 14.3. The maximum atomic E-state index is 11.4. The number of aryl methyl sites for hydroxylation is 1. The summed E-state index contributed by atoms with van der Waals surface area (Å²) in [6.07, 6.45) is 1.59. The molecule has 0 radical (unpaired) electrons. The number of aromatic nitrogens is 2. The van der Waals surface area contributed by atoms with E-state index in [4.69, 9.17) is 11.6 Å². The summed E-state index contributed by atoms with van der Waals surface area (Å²) < 4.78 is 1.71. The van der Waals surface area contributed by atoms with Gasteiger partial charge in [0.25, 0.3) is 0 Å². The van der Waals surface area contributed by atoms with Gasteiger partial charge in [-0.1, -0.05) is 23.7 Å². The Balaban J connectivity index is 2.34. The molecular weight excluding hydrogens is 276 g/mol. The number of benzene rings is 2. The monoisotopic (exact) mass is 286 g/mol. The van der Waals surface area contributed by atoms with E-state index >= 15 is 0 Å². The lowest BCUT2D eigenvalue weighted by molar-refractivity contribution is 0.0698. The number of hydrogen-bond donors (Lipinski definition) is 1. The van der Waals surface area contributed by atoms with E-state index in [1.54, 1.807) is 29.1 Å². The summed E-state index contributed by atoms with van der Waals surface area (Å²) >= 11 is 6.26. The molecule has 4 nitrogen and oxygen atoms in total. The first-order chi connectivity index (χ1) is 9.58. The van der Waals surface area contributed by atoms with Crippen molar-refractivity contribution in [3.63, 3.8) is 0 Å². The molecule has 20 heavy (non-hydrogen) atoms. The highest BCUT2D eigenvalue weighted by atomic mass is 35.5. The molecular formula is C15H11ClN2O2. The van der Waals surface area contributed by atoms with Crippen molar-refractivity contribution in [2.24, 2.45) is 0 Å². The van der Waals surface area contributed by atoms with Gasteiger partial charge in [-0.15, -0.1) is 0 Å². The van der Waals surface area contributed by atoms with E-state index in [1.165, 1.54) is 0 Å². The van der Waals surface area contributed by atoms with Gasteiger partial charge in [-0.3, -0.25) is 4.57 Å². The number of carbonyl (C=O) groups is 1. The SMILES string of the molecule is Cc1ccc(-n2cnc3cccc(C(=O)O)c32)c(Cl)c1. The summed E-state index contributed by atoms with van der Waals surface area (Å²) in [5.74, 6) is -0.986. The molecule has 0 spiro atoms. The van der Waals surface area contributed by atoms with Crippen LogP contribution in [0.4, 0.5) is 0 Å². The van der Waals surface area contributed by atoms with Crippen LogP contribution >= 0.6 is 11.6 Å².